The maximum absolute atomic E-state index is 12.3. The van der Waals surface area contributed by atoms with Gasteiger partial charge in [-0.05, 0) is 23.4 Å². The molecule has 0 spiro atoms. The summed E-state index contributed by atoms with van der Waals surface area (Å²) in [4.78, 5) is 12.2. The third kappa shape index (κ3) is 5.30. The Morgan fingerprint density at radius 2 is 2.00 bits per heavy atom. The molecule has 0 unspecified atom stereocenters. The highest BCUT2D eigenvalue weighted by Crippen LogP contribution is 2.26. The van der Waals surface area contributed by atoms with Crippen LogP contribution in [0.25, 0.3) is 0 Å². The number of alkyl halides is 2. The van der Waals surface area contributed by atoms with Gasteiger partial charge in [-0.25, -0.2) is 0 Å². The van der Waals surface area contributed by atoms with Crippen molar-refractivity contribution in [3.63, 3.8) is 0 Å². The molecule has 124 valence electrons. The molecule has 23 heavy (non-hydrogen) atoms. The van der Waals surface area contributed by atoms with E-state index in [4.69, 9.17) is 0 Å². The lowest BCUT2D eigenvalue weighted by molar-refractivity contribution is -0.0498. The van der Waals surface area contributed by atoms with Gasteiger partial charge in [-0.15, -0.1) is 11.3 Å². The van der Waals surface area contributed by atoms with Gasteiger partial charge < -0.3 is 15.2 Å². The Balaban J connectivity index is 1.91. The van der Waals surface area contributed by atoms with Crippen molar-refractivity contribution >= 4 is 17.2 Å². The molecule has 1 aromatic carbocycles. The van der Waals surface area contributed by atoms with E-state index in [9.17, 15) is 18.7 Å². The van der Waals surface area contributed by atoms with Gasteiger partial charge in [-0.2, -0.15) is 8.78 Å². The summed E-state index contributed by atoms with van der Waals surface area (Å²) in [5.74, 6) is -0.769. The van der Waals surface area contributed by atoms with Crippen molar-refractivity contribution in [1.82, 2.24) is 5.32 Å². The fourth-order valence-electron chi connectivity index (χ4n) is 2.12. The van der Waals surface area contributed by atoms with Gasteiger partial charge in [0.15, 0.2) is 0 Å². The van der Waals surface area contributed by atoms with Crippen LogP contribution in [0.1, 0.15) is 15.2 Å². The third-order valence-electron chi connectivity index (χ3n) is 3.23. The maximum atomic E-state index is 12.3. The number of carbonyl (C=O) groups excluding carboxylic acids is 1. The van der Waals surface area contributed by atoms with E-state index in [0.717, 1.165) is 16.9 Å². The average Bonchev–Trinajstić information content (AvgIpc) is 2.99. The molecule has 0 saturated carbocycles. The van der Waals surface area contributed by atoms with Gasteiger partial charge in [-0.1, -0.05) is 30.3 Å². The van der Waals surface area contributed by atoms with Gasteiger partial charge in [0.05, 0.1) is 0 Å². The first-order valence-corrected chi connectivity index (χ1v) is 7.93. The molecule has 2 rings (SSSR count). The van der Waals surface area contributed by atoms with Crippen LogP contribution in [0, 0.1) is 5.92 Å². The summed E-state index contributed by atoms with van der Waals surface area (Å²) in [6, 6.07) is 10.9. The van der Waals surface area contributed by atoms with E-state index in [1.165, 1.54) is 11.4 Å². The Bertz CT molecular complexity index is 619. The number of hydrogen-bond acceptors (Lipinski definition) is 4. The van der Waals surface area contributed by atoms with Crippen molar-refractivity contribution in [3.8, 4) is 5.75 Å². The SMILES string of the molecule is O=C(NC[C@@H](CO)Cc1ccccc1)c1sccc1OC(F)F. The smallest absolute Gasteiger partial charge is 0.387 e. The highest BCUT2D eigenvalue weighted by molar-refractivity contribution is 7.12. The molecule has 7 heteroatoms. The minimum absolute atomic E-state index is 0.0833. The molecule has 0 aliphatic heterocycles. The van der Waals surface area contributed by atoms with Crippen LogP contribution in [-0.2, 0) is 6.42 Å². The number of thiophene rings is 1. The fraction of sp³-hybridized carbons (Fsp3) is 0.312. The molecule has 1 amide bonds. The molecule has 2 aromatic rings. The van der Waals surface area contributed by atoms with Gasteiger partial charge in [0.1, 0.15) is 10.6 Å². The van der Waals surface area contributed by atoms with Crippen molar-refractivity contribution in [3.05, 3.63) is 52.2 Å². The first kappa shape index (κ1) is 17.4. The van der Waals surface area contributed by atoms with E-state index in [0.29, 0.717) is 6.42 Å². The molecular formula is C16H17F2NO3S. The fourth-order valence-corrected chi connectivity index (χ4v) is 2.86. The molecule has 0 saturated heterocycles. The number of hydrogen-bond donors (Lipinski definition) is 2. The quantitative estimate of drug-likeness (QED) is 0.776. The van der Waals surface area contributed by atoms with Crippen LogP contribution in [0.2, 0.25) is 0 Å². The van der Waals surface area contributed by atoms with Gasteiger partial charge in [-0.3, -0.25) is 4.79 Å². The molecule has 0 radical (unpaired) electrons. The van der Waals surface area contributed by atoms with E-state index >= 15 is 0 Å². The monoisotopic (exact) mass is 341 g/mol. The lowest BCUT2D eigenvalue weighted by atomic mass is 10.00. The number of aliphatic hydroxyl groups excluding tert-OH is 1. The van der Waals surface area contributed by atoms with Gasteiger partial charge in [0.2, 0.25) is 0 Å². The van der Waals surface area contributed by atoms with Crippen LogP contribution < -0.4 is 10.1 Å². The molecule has 0 aliphatic rings. The Morgan fingerprint density at radius 1 is 1.26 bits per heavy atom. The summed E-state index contributed by atoms with van der Waals surface area (Å²) in [6.45, 7) is -2.81. The molecule has 0 fully saturated rings. The zero-order valence-electron chi connectivity index (χ0n) is 12.2. The zero-order chi connectivity index (χ0) is 16.7. The normalized spacial score (nSPS) is 12.2. The Morgan fingerprint density at radius 3 is 2.65 bits per heavy atom. The minimum atomic E-state index is -2.97. The van der Waals surface area contributed by atoms with Crippen molar-refractivity contribution in [1.29, 1.82) is 0 Å². The van der Waals surface area contributed by atoms with Crippen LogP contribution >= 0.6 is 11.3 Å². The second kappa shape index (κ2) is 8.59. The number of nitrogens with one attached hydrogen (secondary N) is 1. The Labute approximate surface area is 136 Å². The summed E-state index contributed by atoms with van der Waals surface area (Å²) in [5.41, 5.74) is 1.05. The number of aliphatic hydroxyl groups is 1. The predicted octanol–water partition coefficient (Wildman–Crippen LogP) is 2.93. The zero-order valence-corrected chi connectivity index (χ0v) is 13.1. The van der Waals surface area contributed by atoms with Gasteiger partial charge in [0.25, 0.3) is 5.91 Å². The highest BCUT2D eigenvalue weighted by atomic mass is 32.1. The number of halogens is 2. The molecule has 1 heterocycles. The average molecular weight is 341 g/mol. The second-order valence-electron chi connectivity index (χ2n) is 4.94. The van der Waals surface area contributed by atoms with Crippen LogP contribution in [-0.4, -0.2) is 30.8 Å². The largest absolute Gasteiger partial charge is 0.433 e. The lowest BCUT2D eigenvalue weighted by Crippen LogP contribution is -2.31. The van der Waals surface area contributed by atoms with Crippen LogP contribution in [0.15, 0.2) is 41.8 Å². The third-order valence-corrected chi connectivity index (χ3v) is 4.12. The topological polar surface area (TPSA) is 58.6 Å². The number of rotatable bonds is 8. The Kier molecular flexibility index (Phi) is 6.49. The van der Waals surface area contributed by atoms with Crippen LogP contribution in [0.5, 0.6) is 5.75 Å². The standard InChI is InChI=1S/C16H17F2NO3S/c17-16(18)22-13-6-7-23-14(13)15(21)19-9-12(10-20)8-11-4-2-1-3-5-11/h1-7,12,16,20H,8-10H2,(H,19,21)/t12-/m0/s1. The lowest BCUT2D eigenvalue weighted by Gasteiger charge is -2.15. The summed E-state index contributed by atoms with van der Waals surface area (Å²) in [5, 5.41) is 13.6. The van der Waals surface area contributed by atoms with E-state index in [2.05, 4.69) is 10.1 Å². The van der Waals surface area contributed by atoms with E-state index in [1.807, 2.05) is 30.3 Å². The van der Waals surface area contributed by atoms with E-state index < -0.39 is 12.5 Å². The second-order valence-corrected chi connectivity index (χ2v) is 5.86. The molecular weight excluding hydrogens is 324 g/mol. The summed E-state index contributed by atoms with van der Waals surface area (Å²) in [7, 11) is 0. The van der Waals surface area contributed by atoms with Gasteiger partial charge >= 0.3 is 6.61 Å². The van der Waals surface area contributed by atoms with Crippen molar-refractivity contribution in [2.45, 2.75) is 13.0 Å². The summed E-state index contributed by atoms with van der Waals surface area (Å²) >= 11 is 1.03. The van der Waals surface area contributed by atoms with Crippen molar-refractivity contribution < 1.29 is 23.4 Å². The molecule has 4 nitrogen and oxygen atoms in total. The van der Waals surface area contributed by atoms with Gasteiger partial charge in [0, 0.05) is 19.1 Å². The molecule has 1 aromatic heterocycles. The first-order valence-electron chi connectivity index (χ1n) is 7.05. The molecule has 0 bridgehead atoms. The van der Waals surface area contributed by atoms with Crippen molar-refractivity contribution in [2.24, 2.45) is 5.92 Å². The van der Waals surface area contributed by atoms with E-state index in [1.54, 1.807) is 0 Å². The Hall–Kier alpha value is -1.99. The summed E-state index contributed by atoms with van der Waals surface area (Å²) < 4.78 is 28.8. The molecule has 0 aliphatic carbocycles. The maximum Gasteiger partial charge on any atom is 0.387 e. The molecule has 2 N–H and O–H groups in total. The molecule has 1 atom stereocenters. The van der Waals surface area contributed by atoms with Crippen LogP contribution in [0.4, 0.5) is 8.78 Å². The minimum Gasteiger partial charge on any atom is -0.433 e. The number of ether oxygens (including phenoxy) is 1. The highest BCUT2D eigenvalue weighted by Gasteiger charge is 2.18. The first-order chi connectivity index (χ1) is 11.1. The predicted molar refractivity (Wildman–Crippen MR) is 84.0 cm³/mol. The number of carbonyl (C=O) groups is 1. The number of benzene rings is 1. The van der Waals surface area contributed by atoms with Crippen molar-refractivity contribution in [2.75, 3.05) is 13.2 Å². The van der Waals surface area contributed by atoms with E-state index in [-0.39, 0.29) is 29.7 Å². The van der Waals surface area contributed by atoms with Crippen LogP contribution in [0.3, 0.4) is 0 Å². The number of amides is 1. The summed E-state index contributed by atoms with van der Waals surface area (Å²) in [6.07, 6.45) is 0.614.